The Hall–Kier alpha value is -1.74. The fraction of sp³-hybridized carbons (Fsp3) is 0.286. The van der Waals surface area contributed by atoms with Gasteiger partial charge >= 0.3 is 0 Å². The summed E-state index contributed by atoms with van der Waals surface area (Å²) in [6.45, 7) is 4.78. The molecule has 0 radical (unpaired) electrons. The highest BCUT2D eigenvalue weighted by molar-refractivity contribution is 5.37. The lowest BCUT2D eigenvalue weighted by Gasteiger charge is -2.15. The van der Waals surface area contributed by atoms with Crippen molar-refractivity contribution >= 4 is 0 Å². The number of nitrogens with one attached hydrogen (secondary N) is 1. The number of aromatic hydroxyl groups is 1. The third kappa shape index (κ3) is 2.88. The maximum absolute atomic E-state index is 9.80. The molecule has 0 amide bonds. The average molecular weight is 231 g/mol. The molecule has 1 unspecified atom stereocenters. The summed E-state index contributed by atoms with van der Waals surface area (Å²) < 4.78 is 5.01. The number of benzene rings is 1. The monoisotopic (exact) mass is 231 g/mol. The highest BCUT2D eigenvalue weighted by Gasteiger charge is 2.10. The summed E-state index contributed by atoms with van der Waals surface area (Å²) in [5, 5.41) is 13.2. The molecule has 0 saturated heterocycles. The summed E-state index contributed by atoms with van der Waals surface area (Å²) in [6.07, 6.45) is 3.38. The summed E-state index contributed by atoms with van der Waals surface area (Å²) in [6, 6.07) is 7.67. The lowest BCUT2D eigenvalue weighted by molar-refractivity contribution is 0.451. The molecule has 1 aromatic heterocycles. The van der Waals surface area contributed by atoms with Gasteiger partial charge in [0.25, 0.3) is 0 Å². The molecule has 0 aliphatic heterocycles. The van der Waals surface area contributed by atoms with E-state index >= 15 is 0 Å². The van der Waals surface area contributed by atoms with E-state index in [-0.39, 0.29) is 6.04 Å². The van der Waals surface area contributed by atoms with E-state index in [0.717, 1.165) is 23.2 Å². The summed E-state index contributed by atoms with van der Waals surface area (Å²) in [5.41, 5.74) is 3.17. The van der Waals surface area contributed by atoms with Crippen LogP contribution >= 0.6 is 0 Å². The Kier molecular flexibility index (Phi) is 3.49. The van der Waals surface area contributed by atoms with Crippen LogP contribution in [0.1, 0.15) is 29.7 Å². The van der Waals surface area contributed by atoms with Crippen molar-refractivity contribution in [2.24, 2.45) is 0 Å². The van der Waals surface area contributed by atoms with Crippen molar-refractivity contribution in [3.05, 3.63) is 53.5 Å². The summed E-state index contributed by atoms with van der Waals surface area (Å²) >= 11 is 0. The van der Waals surface area contributed by atoms with Crippen molar-refractivity contribution in [2.75, 3.05) is 0 Å². The molecule has 0 spiro atoms. The molecule has 2 rings (SSSR count). The lowest BCUT2D eigenvalue weighted by Crippen LogP contribution is -2.17. The molecule has 2 N–H and O–H groups in total. The Morgan fingerprint density at radius 2 is 2.18 bits per heavy atom. The number of hydrogen-bond donors (Lipinski definition) is 2. The van der Waals surface area contributed by atoms with Crippen LogP contribution in [0.2, 0.25) is 0 Å². The van der Waals surface area contributed by atoms with Crippen LogP contribution in [0.25, 0.3) is 0 Å². The van der Waals surface area contributed by atoms with Crippen molar-refractivity contribution in [1.82, 2.24) is 5.32 Å². The minimum Gasteiger partial charge on any atom is -0.508 e. The fourth-order valence-corrected chi connectivity index (χ4v) is 1.79. The smallest absolute Gasteiger partial charge is 0.120 e. The first-order chi connectivity index (χ1) is 8.16. The van der Waals surface area contributed by atoms with Gasteiger partial charge < -0.3 is 14.8 Å². The molecule has 0 aliphatic rings. The van der Waals surface area contributed by atoms with Crippen molar-refractivity contribution in [2.45, 2.75) is 26.4 Å². The molecule has 1 atom stereocenters. The van der Waals surface area contributed by atoms with E-state index in [9.17, 15) is 5.11 Å². The molecule has 1 aromatic carbocycles. The highest BCUT2D eigenvalue weighted by atomic mass is 16.3. The molecule has 90 valence electrons. The van der Waals surface area contributed by atoms with Gasteiger partial charge in [-0.3, -0.25) is 0 Å². The van der Waals surface area contributed by atoms with Crippen LogP contribution in [0.3, 0.4) is 0 Å². The van der Waals surface area contributed by atoms with Gasteiger partial charge in [0.2, 0.25) is 0 Å². The van der Waals surface area contributed by atoms with Crippen LogP contribution in [-0.4, -0.2) is 5.11 Å². The third-order valence-corrected chi connectivity index (χ3v) is 2.84. The second-order valence-electron chi connectivity index (χ2n) is 4.30. The maximum Gasteiger partial charge on any atom is 0.120 e. The third-order valence-electron chi connectivity index (χ3n) is 2.84. The normalized spacial score (nSPS) is 12.6. The molecular weight excluding hydrogens is 214 g/mol. The summed E-state index contributed by atoms with van der Waals surface area (Å²) in [7, 11) is 0. The van der Waals surface area contributed by atoms with E-state index in [1.165, 1.54) is 0 Å². The standard InChI is InChI=1S/C14H17NO2/c1-10-3-4-14(16)13(7-10)11(2)15-8-12-5-6-17-9-12/h3-7,9,11,15-16H,8H2,1-2H3. The predicted octanol–water partition coefficient (Wildman–Crippen LogP) is 3.14. The second kappa shape index (κ2) is 5.06. The van der Waals surface area contributed by atoms with Crippen LogP contribution in [0.5, 0.6) is 5.75 Å². The van der Waals surface area contributed by atoms with E-state index in [1.807, 2.05) is 32.0 Å². The van der Waals surface area contributed by atoms with Crippen molar-refractivity contribution < 1.29 is 9.52 Å². The van der Waals surface area contributed by atoms with Crippen molar-refractivity contribution in [3.8, 4) is 5.75 Å². The highest BCUT2D eigenvalue weighted by Crippen LogP contribution is 2.25. The van der Waals surface area contributed by atoms with Crippen LogP contribution in [0.15, 0.2) is 41.2 Å². The van der Waals surface area contributed by atoms with Gasteiger partial charge in [0.05, 0.1) is 12.5 Å². The molecule has 0 aliphatic carbocycles. The van der Waals surface area contributed by atoms with Gasteiger partial charge in [0, 0.05) is 23.7 Å². The molecule has 0 saturated carbocycles. The van der Waals surface area contributed by atoms with Crippen LogP contribution < -0.4 is 5.32 Å². The van der Waals surface area contributed by atoms with Gasteiger partial charge in [0.15, 0.2) is 0 Å². The van der Waals surface area contributed by atoms with Crippen molar-refractivity contribution in [1.29, 1.82) is 0 Å². The molecule has 0 fully saturated rings. The molecule has 1 heterocycles. The number of furan rings is 1. The largest absolute Gasteiger partial charge is 0.508 e. The first-order valence-corrected chi connectivity index (χ1v) is 5.71. The van der Waals surface area contributed by atoms with E-state index in [2.05, 4.69) is 5.32 Å². The van der Waals surface area contributed by atoms with Gasteiger partial charge in [-0.05, 0) is 26.0 Å². The average Bonchev–Trinajstić information content (AvgIpc) is 2.82. The number of rotatable bonds is 4. The van der Waals surface area contributed by atoms with Crippen LogP contribution in [0, 0.1) is 6.92 Å². The zero-order valence-electron chi connectivity index (χ0n) is 10.1. The van der Waals surface area contributed by atoms with E-state index in [0.29, 0.717) is 5.75 Å². The Morgan fingerprint density at radius 1 is 1.35 bits per heavy atom. The van der Waals surface area contributed by atoms with Gasteiger partial charge in [-0.2, -0.15) is 0 Å². The zero-order chi connectivity index (χ0) is 12.3. The minimum atomic E-state index is 0.102. The van der Waals surface area contributed by atoms with Gasteiger partial charge in [-0.15, -0.1) is 0 Å². The maximum atomic E-state index is 9.80. The first kappa shape index (κ1) is 11.7. The molecule has 3 heteroatoms. The van der Waals surface area contributed by atoms with Gasteiger partial charge in [-0.1, -0.05) is 17.7 Å². The van der Waals surface area contributed by atoms with Crippen molar-refractivity contribution in [3.63, 3.8) is 0 Å². The minimum absolute atomic E-state index is 0.102. The second-order valence-corrected chi connectivity index (χ2v) is 4.30. The van der Waals surface area contributed by atoms with E-state index < -0.39 is 0 Å². The van der Waals surface area contributed by atoms with Gasteiger partial charge in [0.1, 0.15) is 5.75 Å². The lowest BCUT2D eigenvalue weighted by atomic mass is 10.0. The first-order valence-electron chi connectivity index (χ1n) is 5.71. The van der Waals surface area contributed by atoms with Gasteiger partial charge in [-0.25, -0.2) is 0 Å². The van der Waals surface area contributed by atoms with E-state index in [1.54, 1.807) is 18.6 Å². The summed E-state index contributed by atoms with van der Waals surface area (Å²) in [5.74, 6) is 0.336. The number of aryl methyl sites for hydroxylation is 1. The molecule has 17 heavy (non-hydrogen) atoms. The molecule has 2 aromatic rings. The van der Waals surface area contributed by atoms with E-state index in [4.69, 9.17) is 4.42 Å². The summed E-state index contributed by atoms with van der Waals surface area (Å²) in [4.78, 5) is 0. The molecular formula is C14H17NO2. The zero-order valence-corrected chi connectivity index (χ0v) is 10.1. The number of phenols is 1. The molecule has 3 nitrogen and oxygen atoms in total. The van der Waals surface area contributed by atoms with Crippen LogP contribution in [0.4, 0.5) is 0 Å². The fourth-order valence-electron chi connectivity index (χ4n) is 1.79. The Balaban J connectivity index is 2.04. The topological polar surface area (TPSA) is 45.4 Å². The predicted molar refractivity (Wildman–Crippen MR) is 66.8 cm³/mol. The number of hydrogen-bond acceptors (Lipinski definition) is 3. The Morgan fingerprint density at radius 3 is 2.88 bits per heavy atom. The quantitative estimate of drug-likeness (QED) is 0.849. The van der Waals surface area contributed by atoms with Crippen LogP contribution in [-0.2, 0) is 6.54 Å². The Labute approximate surface area is 101 Å². The number of phenolic OH excluding ortho intramolecular Hbond substituents is 1. The Bertz CT molecular complexity index is 477. The molecule has 0 bridgehead atoms. The SMILES string of the molecule is Cc1ccc(O)c(C(C)NCc2ccoc2)c1.